The molecule has 0 aromatic heterocycles. The normalized spacial score (nSPS) is 15.2. The van der Waals surface area contributed by atoms with Crippen LogP contribution in [0.25, 0.3) is 6.08 Å². The van der Waals surface area contributed by atoms with Gasteiger partial charge in [0, 0.05) is 38.2 Å². The number of carbonyl (C=O) groups is 2. The molecule has 0 atom stereocenters. The van der Waals surface area contributed by atoms with Crippen molar-refractivity contribution in [2.24, 2.45) is 0 Å². The summed E-state index contributed by atoms with van der Waals surface area (Å²) in [5.74, 6) is -0.346. The van der Waals surface area contributed by atoms with Crippen molar-refractivity contribution in [3.63, 3.8) is 0 Å². The molecule has 1 N–H and O–H groups in total. The summed E-state index contributed by atoms with van der Waals surface area (Å²) in [5, 5.41) is 2.65. The number of benzene rings is 2. The van der Waals surface area contributed by atoms with E-state index in [4.69, 9.17) is 0 Å². The summed E-state index contributed by atoms with van der Waals surface area (Å²) in [6, 6.07) is 13.6. The maximum absolute atomic E-state index is 12.9. The minimum Gasteiger partial charge on any atom is -0.339 e. The molecule has 3 rings (SSSR count). The predicted octanol–water partition coefficient (Wildman–Crippen LogP) is 4.68. The van der Waals surface area contributed by atoms with Gasteiger partial charge in [-0.15, -0.1) is 0 Å². The van der Waals surface area contributed by atoms with Crippen LogP contribution in [0.3, 0.4) is 0 Å². The molecule has 0 spiro atoms. The van der Waals surface area contributed by atoms with E-state index in [2.05, 4.69) is 5.32 Å². The predicted molar refractivity (Wildman–Crippen MR) is 133 cm³/mol. The molecule has 1 fully saturated rings. The van der Waals surface area contributed by atoms with E-state index in [-0.39, 0.29) is 16.0 Å². The number of nitrogens with one attached hydrogen (secondary N) is 1. The second-order valence-electron chi connectivity index (χ2n) is 7.97. The van der Waals surface area contributed by atoms with E-state index in [1.54, 1.807) is 73.0 Å². The fraction of sp³-hybridized carbons (Fsp3) is 0.333. The quantitative estimate of drug-likeness (QED) is 0.472. The van der Waals surface area contributed by atoms with E-state index >= 15 is 0 Å². The number of rotatable bonds is 6. The average Bonchev–Trinajstić information content (AvgIpc) is 3.09. The van der Waals surface area contributed by atoms with Gasteiger partial charge in [-0.3, -0.25) is 9.59 Å². The summed E-state index contributed by atoms with van der Waals surface area (Å²) in [6.07, 6.45) is 6.91. The van der Waals surface area contributed by atoms with Gasteiger partial charge in [0.15, 0.2) is 0 Å². The molecule has 1 aliphatic heterocycles. The van der Waals surface area contributed by atoms with Crippen molar-refractivity contribution in [1.29, 1.82) is 0 Å². The van der Waals surface area contributed by atoms with Crippen molar-refractivity contribution in [3.05, 3.63) is 60.2 Å². The van der Waals surface area contributed by atoms with E-state index in [0.717, 1.165) is 37.4 Å². The van der Waals surface area contributed by atoms with Gasteiger partial charge in [0.2, 0.25) is 15.9 Å². The number of hydrogen-bond donors (Lipinski definition) is 1. The van der Waals surface area contributed by atoms with Gasteiger partial charge in [-0.1, -0.05) is 37.1 Å². The Labute approximate surface area is 199 Å². The molecule has 0 bridgehead atoms. The zero-order valence-electron chi connectivity index (χ0n) is 18.9. The molecule has 176 valence electrons. The summed E-state index contributed by atoms with van der Waals surface area (Å²) in [5.41, 5.74) is 1.26. The van der Waals surface area contributed by atoms with Crippen molar-refractivity contribution in [2.45, 2.75) is 35.5 Å². The minimum absolute atomic E-state index is 0.137. The molecule has 0 radical (unpaired) electrons. The smallest absolute Gasteiger partial charge is 0.286 e. The Morgan fingerprint density at radius 2 is 1.61 bits per heavy atom. The Bertz CT molecular complexity index is 1100. The molecule has 2 amide bonds. The van der Waals surface area contributed by atoms with Gasteiger partial charge >= 0.3 is 0 Å². The topological polar surface area (TPSA) is 86.8 Å². The number of anilines is 1. The Hall–Kier alpha value is -2.62. The highest BCUT2D eigenvalue weighted by molar-refractivity contribution is 8.13. The van der Waals surface area contributed by atoms with Crippen LogP contribution in [-0.4, -0.2) is 56.0 Å². The summed E-state index contributed by atoms with van der Waals surface area (Å²) < 4.78 is 27.3. The van der Waals surface area contributed by atoms with Gasteiger partial charge in [0.1, 0.15) is 0 Å². The molecule has 2 aromatic carbocycles. The van der Waals surface area contributed by atoms with Crippen molar-refractivity contribution < 1.29 is 18.0 Å². The van der Waals surface area contributed by atoms with E-state index in [1.807, 2.05) is 0 Å². The third kappa shape index (κ3) is 6.93. The largest absolute Gasteiger partial charge is 0.339 e. The maximum atomic E-state index is 12.9. The number of thioether (sulfide) groups is 1. The fourth-order valence-electron chi connectivity index (χ4n) is 3.37. The summed E-state index contributed by atoms with van der Waals surface area (Å²) in [7, 11) is -0.158. The lowest BCUT2D eigenvalue weighted by Gasteiger charge is -2.19. The van der Waals surface area contributed by atoms with Crippen LogP contribution in [0.1, 0.15) is 31.2 Å². The van der Waals surface area contributed by atoms with Gasteiger partial charge in [-0.2, -0.15) is 4.31 Å². The van der Waals surface area contributed by atoms with Gasteiger partial charge < -0.3 is 10.2 Å². The van der Waals surface area contributed by atoms with Crippen molar-refractivity contribution >= 4 is 44.7 Å². The molecule has 0 unspecified atom stereocenters. The molecule has 33 heavy (non-hydrogen) atoms. The molecular formula is C24H29N3O4S2. The van der Waals surface area contributed by atoms with E-state index in [0.29, 0.717) is 29.2 Å². The second kappa shape index (κ2) is 11.5. The van der Waals surface area contributed by atoms with E-state index in [9.17, 15) is 18.0 Å². The molecule has 1 aliphatic rings. The first-order chi connectivity index (χ1) is 15.8. The van der Waals surface area contributed by atoms with Crippen LogP contribution in [0, 0.1) is 0 Å². The maximum Gasteiger partial charge on any atom is 0.286 e. The third-order valence-corrected chi connectivity index (χ3v) is 8.25. The first kappa shape index (κ1) is 25.0. The summed E-state index contributed by atoms with van der Waals surface area (Å²) in [4.78, 5) is 26.8. The van der Waals surface area contributed by atoms with Crippen LogP contribution in [-0.2, 0) is 14.8 Å². The highest BCUT2D eigenvalue weighted by atomic mass is 32.2. The Kier molecular flexibility index (Phi) is 8.71. The van der Waals surface area contributed by atoms with Crippen molar-refractivity contribution in [3.8, 4) is 0 Å². The number of hydrogen-bond acceptors (Lipinski definition) is 5. The number of nitrogens with zero attached hydrogens (tertiary/aromatic N) is 2. The van der Waals surface area contributed by atoms with E-state index in [1.165, 1.54) is 11.0 Å². The zero-order chi connectivity index (χ0) is 23.8. The molecule has 1 saturated heterocycles. The zero-order valence-corrected chi connectivity index (χ0v) is 20.5. The lowest BCUT2D eigenvalue weighted by molar-refractivity contribution is -0.111. The van der Waals surface area contributed by atoms with Crippen LogP contribution in [0.5, 0.6) is 0 Å². The minimum atomic E-state index is -3.50. The van der Waals surface area contributed by atoms with Crippen LogP contribution in [0.2, 0.25) is 0 Å². The van der Waals surface area contributed by atoms with Gasteiger partial charge in [0.05, 0.1) is 10.6 Å². The molecular weight excluding hydrogens is 458 g/mol. The molecule has 2 aromatic rings. The summed E-state index contributed by atoms with van der Waals surface area (Å²) >= 11 is 1.04. The lowest BCUT2D eigenvalue weighted by Crippen LogP contribution is -2.31. The van der Waals surface area contributed by atoms with Gasteiger partial charge in [-0.25, -0.2) is 8.42 Å². The molecule has 1 heterocycles. The Morgan fingerprint density at radius 3 is 2.24 bits per heavy atom. The number of amides is 2. The Balaban J connectivity index is 1.65. The van der Waals surface area contributed by atoms with Crippen molar-refractivity contribution in [1.82, 2.24) is 9.21 Å². The lowest BCUT2D eigenvalue weighted by atomic mass is 10.2. The number of sulfonamides is 1. The van der Waals surface area contributed by atoms with Gasteiger partial charge in [-0.05, 0) is 60.5 Å². The Morgan fingerprint density at radius 1 is 0.970 bits per heavy atom. The number of carbonyl (C=O) groups excluding carboxylic acids is 2. The second-order valence-corrected chi connectivity index (χ2v) is 10.9. The first-order valence-corrected chi connectivity index (χ1v) is 13.1. The average molecular weight is 488 g/mol. The van der Waals surface area contributed by atoms with Crippen LogP contribution in [0.4, 0.5) is 10.5 Å². The molecule has 9 heteroatoms. The number of para-hydroxylation sites is 1. The van der Waals surface area contributed by atoms with Crippen LogP contribution < -0.4 is 5.32 Å². The standard InChI is InChI=1S/C24H29N3O4S2/c1-26(2)24(29)32-22-10-6-5-9-21(22)25-23(28)16-13-19-11-14-20(15-12-19)33(30,31)27-17-7-3-4-8-18-27/h5-6,9-16H,3-4,7-8,17-18H2,1-2H3,(H,25,28)/b16-13+. The van der Waals surface area contributed by atoms with Gasteiger partial charge in [0.25, 0.3) is 5.24 Å². The molecule has 0 saturated carbocycles. The SMILES string of the molecule is CN(C)C(=O)Sc1ccccc1NC(=O)/C=C/c1ccc(S(=O)(=O)N2CCCCCC2)cc1. The summed E-state index contributed by atoms with van der Waals surface area (Å²) in [6.45, 7) is 1.12. The van der Waals surface area contributed by atoms with Crippen LogP contribution in [0.15, 0.2) is 64.4 Å². The first-order valence-electron chi connectivity index (χ1n) is 10.8. The van der Waals surface area contributed by atoms with Crippen molar-refractivity contribution in [2.75, 3.05) is 32.5 Å². The van der Waals surface area contributed by atoms with Crippen LogP contribution >= 0.6 is 11.8 Å². The highest BCUT2D eigenvalue weighted by Gasteiger charge is 2.24. The fourth-order valence-corrected chi connectivity index (χ4v) is 5.64. The third-order valence-electron chi connectivity index (χ3n) is 5.22. The molecule has 0 aliphatic carbocycles. The van der Waals surface area contributed by atoms with E-state index < -0.39 is 10.0 Å². The molecule has 7 nitrogen and oxygen atoms in total. The highest BCUT2D eigenvalue weighted by Crippen LogP contribution is 2.28. The monoisotopic (exact) mass is 487 g/mol.